The van der Waals surface area contributed by atoms with Gasteiger partial charge in [0.25, 0.3) is 0 Å². The van der Waals surface area contributed by atoms with Crippen molar-refractivity contribution in [2.24, 2.45) is 0 Å². The Bertz CT molecular complexity index is 972. The second-order valence-electron chi connectivity index (χ2n) is 5.23. The van der Waals surface area contributed by atoms with Gasteiger partial charge in [0.2, 0.25) is 0 Å². The maximum Gasteiger partial charge on any atom is 0.344 e. The molecule has 0 spiro atoms. The van der Waals surface area contributed by atoms with Crippen LogP contribution in [0.2, 0.25) is 0 Å². The SMILES string of the molecule is Cc1cccc(C(=O)Oc2ccc3c(C)cc(=O)oc3c2)c1I. The first-order valence-electron chi connectivity index (χ1n) is 6.97. The highest BCUT2D eigenvalue weighted by atomic mass is 127. The summed E-state index contributed by atoms with van der Waals surface area (Å²) in [4.78, 5) is 23.8. The molecule has 116 valence electrons. The van der Waals surface area contributed by atoms with Crippen LogP contribution < -0.4 is 10.4 Å². The number of halogens is 1. The van der Waals surface area contributed by atoms with Crippen LogP contribution in [0.1, 0.15) is 21.5 Å². The molecule has 0 N–H and O–H groups in total. The van der Waals surface area contributed by atoms with Crippen molar-refractivity contribution in [1.82, 2.24) is 0 Å². The Morgan fingerprint density at radius 1 is 1.09 bits per heavy atom. The van der Waals surface area contributed by atoms with Gasteiger partial charge in [0.05, 0.1) is 5.56 Å². The first-order valence-corrected chi connectivity index (χ1v) is 8.05. The molecule has 0 saturated carbocycles. The van der Waals surface area contributed by atoms with Crippen LogP contribution >= 0.6 is 22.6 Å². The van der Waals surface area contributed by atoms with E-state index in [2.05, 4.69) is 22.6 Å². The van der Waals surface area contributed by atoms with Gasteiger partial charge < -0.3 is 9.15 Å². The molecule has 0 aliphatic rings. The van der Waals surface area contributed by atoms with Gasteiger partial charge in [-0.2, -0.15) is 0 Å². The minimum absolute atomic E-state index is 0.341. The summed E-state index contributed by atoms with van der Waals surface area (Å²) in [6.07, 6.45) is 0. The van der Waals surface area contributed by atoms with Crippen LogP contribution in [0.5, 0.6) is 5.75 Å². The van der Waals surface area contributed by atoms with Crippen molar-refractivity contribution in [3.63, 3.8) is 0 Å². The predicted octanol–water partition coefficient (Wildman–Crippen LogP) is 4.23. The zero-order valence-electron chi connectivity index (χ0n) is 12.6. The molecule has 1 heterocycles. The number of ether oxygens (including phenoxy) is 1. The van der Waals surface area contributed by atoms with Crippen molar-refractivity contribution in [1.29, 1.82) is 0 Å². The van der Waals surface area contributed by atoms with Crippen molar-refractivity contribution < 1.29 is 13.9 Å². The highest BCUT2D eigenvalue weighted by molar-refractivity contribution is 14.1. The van der Waals surface area contributed by atoms with E-state index < -0.39 is 11.6 Å². The smallest absolute Gasteiger partial charge is 0.344 e. The lowest BCUT2D eigenvalue weighted by atomic mass is 10.1. The normalized spacial score (nSPS) is 10.7. The lowest BCUT2D eigenvalue weighted by Crippen LogP contribution is -2.11. The van der Waals surface area contributed by atoms with Crippen molar-refractivity contribution in [2.45, 2.75) is 13.8 Å². The standard InChI is InChI=1S/C18H13IO4/c1-10-4-3-5-14(17(10)19)18(21)22-12-6-7-13-11(2)8-16(20)23-15(13)9-12/h3-9H,1-2H3. The third-order valence-electron chi connectivity index (χ3n) is 3.55. The fraction of sp³-hybridized carbons (Fsp3) is 0.111. The third kappa shape index (κ3) is 3.14. The number of aryl methyl sites for hydroxylation is 2. The number of carbonyl (C=O) groups is 1. The lowest BCUT2D eigenvalue weighted by molar-refractivity contribution is 0.0733. The lowest BCUT2D eigenvalue weighted by Gasteiger charge is -2.08. The fourth-order valence-corrected chi connectivity index (χ4v) is 2.92. The van der Waals surface area contributed by atoms with Gasteiger partial charge in [0, 0.05) is 21.1 Å². The van der Waals surface area contributed by atoms with Crippen LogP contribution in [0.4, 0.5) is 0 Å². The van der Waals surface area contributed by atoms with Crippen LogP contribution in [-0.2, 0) is 0 Å². The molecule has 4 nitrogen and oxygen atoms in total. The zero-order chi connectivity index (χ0) is 16.6. The number of rotatable bonds is 2. The van der Waals surface area contributed by atoms with Crippen LogP contribution in [0.3, 0.4) is 0 Å². The number of hydrogen-bond donors (Lipinski definition) is 0. The molecule has 23 heavy (non-hydrogen) atoms. The second kappa shape index (κ2) is 6.16. The Morgan fingerprint density at radius 2 is 1.87 bits per heavy atom. The van der Waals surface area contributed by atoms with Crippen LogP contribution in [0.15, 0.2) is 51.7 Å². The van der Waals surface area contributed by atoms with Gasteiger partial charge in [-0.25, -0.2) is 9.59 Å². The van der Waals surface area contributed by atoms with Crippen molar-refractivity contribution >= 4 is 39.5 Å². The van der Waals surface area contributed by atoms with E-state index in [0.717, 1.165) is 20.1 Å². The van der Waals surface area contributed by atoms with Gasteiger partial charge in [0.15, 0.2) is 0 Å². The Kier molecular flexibility index (Phi) is 4.21. The van der Waals surface area contributed by atoms with E-state index in [1.165, 1.54) is 6.07 Å². The van der Waals surface area contributed by atoms with E-state index in [4.69, 9.17) is 9.15 Å². The Balaban J connectivity index is 1.97. The van der Waals surface area contributed by atoms with Crippen LogP contribution in [0.25, 0.3) is 11.0 Å². The minimum Gasteiger partial charge on any atom is -0.423 e. The summed E-state index contributed by atoms with van der Waals surface area (Å²) in [7, 11) is 0. The average molecular weight is 420 g/mol. The first kappa shape index (κ1) is 15.7. The van der Waals surface area contributed by atoms with Gasteiger partial charge in [0.1, 0.15) is 11.3 Å². The van der Waals surface area contributed by atoms with Gasteiger partial charge in [-0.05, 0) is 65.8 Å². The van der Waals surface area contributed by atoms with Gasteiger partial charge >= 0.3 is 11.6 Å². The monoisotopic (exact) mass is 420 g/mol. The van der Waals surface area contributed by atoms with E-state index in [9.17, 15) is 9.59 Å². The molecule has 0 saturated heterocycles. The molecular formula is C18H13IO4. The topological polar surface area (TPSA) is 56.5 Å². The fourth-order valence-electron chi connectivity index (χ4n) is 2.34. The average Bonchev–Trinajstić information content (AvgIpc) is 2.49. The molecule has 2 aromatic carbocycles. The van der Waals surface area contributed by atoms with Crippen LogP contribution in [-0.4, -0.2) is 5.97 Å². The largest absolute Gasteiger partial charge is 0.423 e. The third-order valence-corrected chi connectivity index (χ3v) is 4.98. The van der Waals surface area contributed by atoms with E-state index in [-0.39, 0.29) is 0 Å². The molecule has 0 unspecified atom stereocenters. The molecule has 0 atom stereocenters. The number of esters is 1. The number of fused-ring (bicyclic) bond motifs is 1. The highest BCUT2D eigenvalue weighted by Gasteiger charge is 2.14. The van der Waals surface area contributed by atoms with E-state index in [1.807, 2.05) is 26.0 Å². The zero-order valence-corrected chi connectivity index (χ0v) is 14.7. The summed E-state index contributed by atoms with van der Waals surface area (Å²) >= 11 is 2.13. The van der Waals surface area contributed by atoms with Crippen LogP contribution in [0, 0.1) is 17.4 Å². The van der Waals surface area contributed by atoms with Crippen molar-refractivity contribution in [3.8, 4) is 5.75 Å². The summed E-state index contributed by atoms with van der Waals surface area (Å²) in [5, 5.41) is 0.814. The summed E-state index contributed by atoms with van der Waals surface area (Å²) in [6.45, 7) is 3.77. The summed E-state index contributed by atoms with van der Waals surface area (Å²) < 4.78 is 11.4. The molecule has 1 aromatic heterocycles. The predicted molar refractivity (Wildman–Crippen MR) is 96.1 cm³/mol. The summed E-state index contributed by atoms with van der Waals surface area (Å²) in [6, 6.07) is 11.9. The van der Waals surface area contributed by atoms with Gasteiger partial charge in [-0.3, -0.25) is 0 Å². The van der Waals surface area contributed by atoms with E-state index in [0.29, 0.717) is 16.9 Å². The molecule has 0 amide bonds. The molecule has 0 fully saturated rings. The van der Waals surface area contributed by atoms with Gasteiger partial charge in [-0.1, -0.05) is 12.1 Å². The number of hydrogen-bond acceptors (Lipinski definition) is 4. The van der Waals surface area contributed by atoms with Gasteiger partial charge in [-0.15, -0.1) is 0 Å². The molecule has 5 heteroatoms. The van der Waals surface area contributed by atoms with E-state index in [1.54, 1.807) is 24.3 Å². The molecule has 3 rings (SSSR count). The van der Waals surface area contributed by atoms with Crippen molar-refractivity contribution in [2.75, 3.05) is 0 Å². The molecule has 0 radical (unpaired) electrons. The number of benzene rings is 2. The first-order chi connectivity index (χ1) is 11.0. The quantitative estimate of drug-likeness (QED) is 0.270. The summed E-state index contributed by atoms with van der Waals surface area (Å²) in [5.74, 6) is -0.0963. The maximum atomic E-state index is 12.3. The highest BCUT2D eigenvalue weighted by Crippen LogP contribution is 2.24. The molecular weight excluding hydrogens is 407 g/mol. The second-order valence-corrected chi connectivity index (χ2v) is 6.31. The maximum absolute atomic E-state index is 12.3. The molecule has 0 bridgehead atoms. The van der Waals surface area contributed by atoms with E-state index >= 15 is 0 Å². The molecule has 0 aliphatic carbocycles. The Morgan fingerprint density at radius 3 is 2.65 bits per heavy atom. The molecule has 0 aliphatic heterocycles. The minimum atomic E-state index is -0.438. The summed E-state index contributed by atoms with van der Waals surface area (Å²) in [5.41, 5.74) is 2.32. The molecule has 3 aromatic rings. The Labute approximate surface area is 146 Å². The Hall–Kier alpha value is -2.15. The number of carbonyl (C=O) groups excluding carboxylic acids is 1. The van der Waals surface area contributed by atoms with Crippen molar-refractivity contribution in [3.05, 3.63) is 73.1 Å².